The molecule has 2 aromatic carbocycles. The van der Waals surface area contributed by atoms with Gasteiger partial charge in [-0.05, 0) is 24.1 Å². The highest BCUT2D eigenvalue weighted by Gasteiger charge is 2.28. The summed E-state index contributed by atoms with van der Waals surface area (Å²) in [4.78, 5) is 57.0. The van der Waals surface area contributed by atoms with Crippen LogP contribution in [0.2, 0.25) is 10.0 Å². The van der Waals surface area contributed by atoms with Crippen LogP contribution in [0.3, 0.4) is 0 Å². The number of nitrogens with one attached hydrogen (secondary N) is 1. The summed E-state index contributed by atoms with van der Waals surface area (Å²) >= 11 is 13.9. The van der Waals surface area contributed by atoms with Gasteiger partial charge < -0.3 is 20.1 Å². The van der Waals surface area contributed by atoms with Crippen molar-refractivity contribution in [2.24, 2.45) is 0 Å². The Morgan fingerprint density at radius 2 is 1.79 bits per heavy atom. The summed E-state index contributed by atoms with van der Waals surface area (Å²) in [5, 5.41) is 13.1. The number of rotatable bonds is 9. The van der Waals surface area contributed by atoms with Gasteiger partial charge in [0.25, 0.3) is 5.56 Å². The van der Waals surface area contributed by atoms with Crippen LogP contribution in [-0.2, 0) is 11.3 Å². The molecule has 1 aliphatic heterocycles. The van der Waals surface area contributed by atoms with Crippen molar-refractivity contribution in [2.45, 2.75) is 25.4 Å². The van der Waals surface area contributed by atoms with Crippen LogP contribution in [0.1, 0.15) is 28.8 Å². The van der Waals surface area contributed by atoms with Crippen LogP contribution in [0.4, 0.5) is 9.18 Å². The van der Waals surface area contributed by atoms with E-state index in [2.05, 4.69) is 15.3 Å². The van der Waals surface area contributed by atoms with E-state index >= 15 is 4.39 Å². The number of amides is 2. The van der Waals surface area contributed by atoms with Crippen LogP contribution in [0, 0.1) is 5.82 Å². The molecule has 2 amide bonds. The number of carbonyl (C=O) groups excluding carboxylic acids is 2. The topological polar surface area (TPSA) is 143 Å². The summed E-state index contributed by atoms with van der Waals surface area (Å²) in [5.41, 5.74) is 2.64. The van der Waals surface area contributed by atoms with Crippen LogP contribution in [0.25, 0.3) is 39.2 Å². The van der Waals surface area contributed by atoms with Gasteiger partial charge in [0.2, 0.25) is 11.8 Å². The highest BCUT2D eigenvalue weighted by molar-refractivity contribution is 6.39. The number of nitrogens with zero attached hydrogens (tertiary/aromatic N) is 4. The highest BCUT2D eigenvalue weighted by Crippen LogP contribution is 2.42. The molecule has 0 radical (unpaired) electrons. The quantitative estimate of drug-likeness (QED) is 0.176. The van der Waals surface area contributed by atoms with Crippen molar-refractivity contribution >= 4 is 47.1 Å². The minimum absolute atomic E-state index is 0.0194. The van der Waals surface area contributed by atoms with Crippen molar-refractivity contribution in [1.29, 1.82) is 0 Å². The first kappa shape index (κ1) is 32.6. The van der Waals surface area contributed by atoms with Gasteiger partial charge in [-0.2, -0.15) is 0 Å². The van der Waals surface area contributed by atoms with Crippen LogP contribution in [-0.4, -0.2) is 62.4 Å². The van der Waals surface area contributed by atoms with E-state index in [0.29, 0.717) is 57.6 Å². The lowest BCUT2D eigenvalue weighted by molar-refractivity contribution is -0.119. The van der Waals surface area contributed by atoms with E-state index < -0.39 is 17.5 Å². The summed E-state index contributed by atoms with van der Waals surface area (Å²) in [5.74, 6) is -1.02. The number of methoxy groups -OCH3 is 1. The Labute approximate surface area is 282 Å². The van der Waals surface area contributed by atoms with Gasteiger partial charge in [0, 0.05) is 59.7 Å². The fraction of sp³-hybridized carbons (Fsp3) is 0.176. The van der Waals surface area contributed by atoms with Crippen molar-refractivity contribution in [3.05, 3.63) is 104 Å². The molecule has 244 valence electrons. The monoisotopic (exact) mass is 689 g/mol. The van der Waals surface area contributed by atoms with Gasteiger partial charge in [-0.3, -0.25) is 18.8 Å². The molecule has 6 rings (SSSR count). The Hall–Kier alpha value is -5.33. The zero-order valence-corrected chi connectivity index (χ0v) is 26.8. The third kappa shape index (κ3) is 6.19. The lowest BCUT2D eigenvalue weighted by Gasteiger charge is -2.24. The van der Waals surface area contributed by atoms with E-state index in [0.717, 1.165) is 11.0 Å². The molecule has 14 heteroatoms. The summed E-state index contributed by atoms with van der Waals surface area (Å²) < 4.78 is 22.4. The molecule has 5 aromatic rings. The first-order chi connectivity index (χ1) is 23.1. The molecule has 1 fully saturated rings. The largest absolute Gasteiger partial charge is 0.481 e. The van der Waals surface area contributed by atoms with E-state index in [1.54, 1.807) is 48.5 Å². The van der Waals surface area contributed by atoms with Crippen molar-refractivity contribution < 1.29 is 28.6 Å². The zero-order chi connectivity index (χ0) is 34.1. The smallest absolute Gasteiger partial charge is 0.407 e. The summed E-state index contributed by atoms with van der Waals surface area (Å²) in [6, 6.07) is 14.7. The minimum Gasteiger partial charge on any atom is -0.481 e. The van der Waals surface area contributed by atoms with Crippen molar-refractivity contribution in [2.75, 3.05) is 13.7 Å². The van der Waals surface area contributed by atoms with Crippen molar-refractivity contribution in [3.8, 4) is 39.4 Å². The molecule has 3 aromatic heterocycles. The second-order valence-electron chi connectivity index (χ2n) is 11.1. The Morgan fingerprint density at radius 1 is 1.10 bits per heavy atom. The number of fused-ring (bicyclic) bond motifs is 1. The molecule has 0 saturated carbocycles. The summed E-state index contributed by atoms with van der Waals surface area (Å²) in [7, 11) is 1.31. The van der Waals surface area contributed by atoms with E-state index in [-0.39, 0.29) is 52.8 Å². The zero-order valence-electron chi connectivity index (χ0n) is 25.2. The summed E-state index contributed by atoms with van der Waals surface area (Å²) in [6.07, 6.45) is 2.69. The van der Waals surface area contributed by atoms with Crippen LogP contribution < -0.4 is 15.6 Å². The molecule has 48 heavy (non-hydrogen) atoms. The van der Waals surface area contributed by atoms with Gasteiger partial charge in [0.1, 0.15) is 11.5 Å². The molecule has 0 spiro atoms. The Balaban J connectivity index is 1.34. The molecular weight excluding hydrogens is 664 g/mol. The predicted octanol–water partition coefficient (Wildman–Crippen LogP) is 6.12. The molecule has 1 aliphatic rings. The number of pyridine rings is 2. The third-order valence-electron chi connectivity index (χ3n) is 8.11. The minimum atomic E-state index is -1.28. The number of carboxylic acid groups (broad SMARTS) is 1. The molecule has 0 aliphatic carbocycles. The van der Waals surface area contributed by atoms with Gasteiger partial charge in [0.05, 0.1) is 40.5 Å². The third-order valence-corrected chi connectivity index (χ3v) is 8.92. The molecule has 0 unspecified atom stereocenters. The average Bonchev–Trinajstić information content (AvgIpc) is 3.49. The molecule has 0 bridgehead atoms. The maximum Gasteiger partial charge on any atom is 0.407 e. The fourth-order valence-electron chi connectivity index (χ4n) is 5.69. The number of benzene rings is 2. The fourth-order valence-corrected chi connectivity index (χ4v) is 6.35. The molecule has 1 atom stereocenters. The molecule has 1 saturated heterocycles. The lowest BCUT2D eigenvalue weighted by Crippen LogP contribution is -2.41. The number of ether oxygens (including phenoxy) is 1. The van der Waals surface area contributed by atoms with E-state index in [9.17, 15) is 24.3 Å². The predicted molar refractivity (Wildman–Crippen MR) is 177 cm³/mol. The number of carbonyl (C=O) groups is 3. The number of hydrogen-bond acceptors (Lipinski definition) is 7. The van der Waals surface area contributed by atoms with Gasteiger partial charge >= 0.3 is 6.09 Å². The molecule has 4 heterocycles. The van der Waals surface area contributed by atoms with E-state index in [1.165, 1.54) is 23.9 Å². The van der Waals surface area contributed by atoms with Crippen LogP contribution in [0.5, 0.6) is 5.88 Å². The van der Waals surface area contributed by atoms with E-state index in [1.807, 2.05) is 0 Å². The van der Waals surface area contributed by atoms with Crippen molar-refractivity contribution in [3.63, 3.8) is 0 Å². The highest BCUT2D eigenvalue weighted by atomic mass is 35.5. The average molecular weight is 691 g/mol. The number of aldehydes is 1. The Kier molecular flexibility index (Phi) is 9.11. The summed E-state index contributed by atoms with van der Waals surface area (Å²) in [6.45, 7) is -0.369. The number of hydrogen-bond donors (Lipinski definition) is 2. The first-order valence-electron chi connectivity index (χ1n) is 14.6. The normalized spacial score (nSPS) is 14.2. The van der Waals surface area contributed by atoms with Crippen LogP contribution >= 0.6 is 23.2 Å². The second-order valence-corrected chi connectivity index (χ2v) is 11.8. The SMILES string of the molecule is COc1nc(-c2cccc(-c3cccc(-c4ccn5c(=O)c(C=O)cnc5c4)c3Cl)c2Cl)cc(F)c1CN(C[C@@H]1CCC(=O)N1)C(=O)O. The lowest BCUT2D eigenvalue weighted by atomic mass is 9.97. The van der Waals surface area contributed by atoms with Gasteiger partial charge in [0.15, 0.2) is 6.29 Å². The molecule has 2 N–H and O–H groups in total. The maximum absolute atomic E-state index is 15.7. The number of halogens is 3. The second kappa shape index (κ2) is 13.4. The molecule has 11 nitrogen and oxygen atoms in total. The van der Waals surface area contributed by atoms with Crippen LogP contribution in [0.15, 0.2) is 71.8 Å². The molecular formula is C34H26Cl2FN5O6. The van der Waals surface area contributed by atoms with Gasteiger partial charge in [-0.15, -0.1) is 0 Å². The first-order valence-corrected chi connectivity index (χ1v) is 15.4. The number of aromatic nitrogens is 3. The standard InChI is InChI=1S/C34H26Cl2FN5O6/c1-48-32-25(16-41(34(46)47)15-20-8-9-29(44)39-20)26(37)13-27(40-32)24-7-3-6-23(31(24)36)22-5-2-4-21(30(22)35)18-10-11-42-28(12-18)38-14-19(17-43)33(42)45/h2-7,10-14,17,20H,8-9,15-16H2,1H3,(H,39,44)(H,46,47)/t20-/m0/s1. The van der Waals surface area contributed by atoms with Crippen molar-refractivity contribution in [1.82, 2.24) is 24.6 Å². The van der Waals surface area contributed by atoms with E-state index in [4.69, 9.17) is 27.9 Å². The van der Waals surface area contributed by atoms with Gasteiger partial charge in [-0.25, -0.2) is 19.2 Å². The Bertz CT molecular complexity index is 2180. The maximum atomic E-state index is 15.7. The Morgan fingerprint density at radius 3 is 2.44 bits per heavy atom. The van der Waals surface area contributed by atoms with Gasteiger partial charge in [-0.1, -0.05) is 59.6 Å².